The molecule has 0 spiro atoms. The summed E-state index contributed by atoms with van der Waals surface area (Å²) in [6, 6.07) is 9.82. The number of halogens is 2. The number of pyridine rings is 2. The van der Waals surface area contributed by atoms with Crippen molar-refractivity contribution in [2.75, 3.05) is 5.32 Å². The zero-order valence-corrected chi connectivity index (χ0v) is 17.2. The van der Waals surface area contributed by atoms with Crippen molar-refractivity contribution in [1.82, 2.24) is 19.5 Å². The fourth-order valence-electron chi connectivity index (χ4n) is 2.86. The Balaban J connectivity index is 1.43. The number of aromatic nitrogens is 4. The Bertz CT molecular complexity index is 1260. The smallest absolute Gasteiger partial charge is 0.274 e. The fraction of sp³-hybridized carbons (Fsp3) is 0.0909. The normalized spacial score (nSPS) is 11.2. The SMILES string of the molecule is Cc1ccc(C=Cc2csc(NC(=O)c3cccn3Cc3ccnc(F)c3)n2)nc1F. The first-order valence-corrected chi connectivity index (χ1v) is 10.2. The number of thiazole rings is 1. The summed E-state index contributed by atoms with van der Waals surface area (Å²) in [4.78, 5) is 24.4. The molecule has 4 rings (SSSR count). The first kappa shape index (κ1) is 20.5. The predicted molar refractivity (Wildman–Crippen MR) is 116 cm³/mol. The number of nitrogens with zero attached hydrogens (tertiary/aromatic N) is 4. The first-order valence-electron chi connectivity index (χ1n) is 9.31. The second-order valence-corrected chi connectivity index (χ2v) is 7.58. The Morgan fingerprint density at radius 2 is 2.00 bits per heavy atom. The number of hydrogen-bond donors (Lipinski definition) is 1. The van der Waals surface area contributed by atoms with Gasteiger partial charge in [-0.15, -0.1) is 11.3 Å². The number of nitrogens with one attached hydrogen (secondary N) is 1. The number of hydrogen-bond acceptors (Lipinski definition) is 5. The van der Waals surface area contributed by atoms with E-state index in [0.717, 1.165) is 0 Å². The van der Waals surface area contributed by atoms with Crippen LogP contribution in [0.2, 0.25) is 0 Å². The van der Waals surface area contributed by atoms with Crippen LogP contribution in [0, 0.1) is 18.8 Å². The molecule has 0 aliphatic carbocycles. The number of aryl methyl sites for hydroxylation is 1. The van der Waals surface area contributed by atoms with Crippen molar-refractivity contribution in [3.8, 4) is 0 Å². The van der Waals surface area contributed by atoms with Gasteiger partial charge in [-0.25, -0.2) is 15.0 Å². The number of carbonyl (C=O) groups excluding carboxylic acids is 1. The lowest BCUT2D eigenvalue weighted by molar-refractivity contribution is 0.101. The maximum Gasteiger partial charge on any atom is 0.274 e. The van der Waals surface area contributed by atoms with Crippen LogP contribution in [0.15, 0.2) is 54.2 Å². The van der Waals surface area contributed by atoms with Gasteiger partial charge < -0.3 is 4.57 Å². The van der Waals surface area contributed by atoms with Crippen LogP contribution < -0.4 is 5.32 Å². The van der Waals surface area contributed by atoms with Gasteiger partial charge in [-0.05, 0) is 55.0 Å². The van der Waals surface area contributed by atoms with Gasteiger partial charge in [-0.3, -0.25) is 10.1 Å². The molecule has 0 saturated heterocycles. The third kappa shape index (κ3) is 5.07. The molecule has 6 nitrogen and oxygen atoms in total. The zero-order chi connectivity index (χ0) is 21.8. The summed E-state index contributed by atoms with van der Waals surface area (Å²) in [6.45, 7) is 1.98. The van der Waals surface area contributed by atoms with Crippen LogP contribution in [0.3, 0.4) is 0 Å². The second kappa shape index (κ2) is 8.97. The van der Waals surface area contributed by atoms with E-state index in [1.807, 2.05) is 0 Å². The van der Waals surface area contributed by atoms with Crippen LogP contribution >= 0.6 is 11.3 Å². The van der Waals surface area contributed by atoms with Gasteiger partial charge in [0.1, 0.15) is 5.69 Å². The molecule has 4 aromatic rings. The molecule has 156 valence electrons. The maximum absolute atomic E-state index is 13.5. The standard InChI is InChI=1S/C22H17F2N5OS/c1-14-4-5-16(26-20(14)24)6-7-17-13-31-22(27-17)28-21(30)18-3-2-10-29(18)12-15-8-9-25-19(23)11-15/h2-11,13H,12H2,1H3,(H,27,28,30). The summed E-state index contributed by atoms with van der Waals surface area (Å²) in [7, 11) is 0. The molecule has 0 aromatic carbocycles. The minimum atomic E-state index is -0.567. The first-order chi connectivity index (χ1) is 15.0. The van der Waals surface area contributed by atoms with Crippen LogP contribution in [0.1, 0.15) is 33.0 Å². The van der Waals surface area contributed by atoms with Gasteiger partial charge in [0.05, 0.1) is 11.4 Å². The Morgan fingerprint density at radius 1 is 1.16 bits per heavy atom. The number of amides is 1. The van der Waals surface area contributed by atoms with Gasteiger partial charge in [0.2, 0.25) is 11.9 Å². The molecular formula is C22H17F2N5OS. The highest BCUT2D eigenvalue weighted by molar-refractivity contribution is 7.14. The minimum absolute atomic E-state index is 0.327. The lowest BCUT2D eigenvalue weighted by Crippen LogP contribution is -2.17. The molecule has 0 fully saturated rings. The topological polar surface area (TPSA) is 72.7 Å². The van der Waals surface area contributed by atoms with Crippen LogP contribution in [-0.4, -0.2) is 25.4 Å². The summed E-state index contributed by atoms with van der Waals surface area (Å²) in [5.74, 6) is -1.40. The number of rotatable bonds is 6. The summed E-state index contributed by atoms with van der Waals surface area (Å²) < 4.78 is 28.6. The molecule has 0 unspecified atom stereocenters. The molecule has 9 heteroatoms. The lowest BCUT2D eigenvalue weighted by Gasteiger charge is -2.09. The highest BCUT2D eigenvalue weighted by Crippen LogP contribution is 2.19. The third-order valence-electron chi connectivity index (χ3n) is 4.43. The molecule has 4 aromatic heterocycles. The molecule has 1 N–H and O–H groups in total. The third-order valence-corrected chi connectivity index (χ3v) is 5.21. The summed E-state index contributed by atoms with van der Waals surface area (Å²) in [5, 5.41) is 4.97. The van der Waals surface area contributed by atoms with Crippen LogP contribution in [0.25, 0.3) is 12.2 Å². The number of carbonyl (C=O) groups is 1. The Hall–Kier alpha value is -3.72. The fourth-order valence-corrected chi connectivity index (χ4v) is 3.53. The summed E-state index contributed by atoms with van der Waals surface area (Å²) in [5.41, 5.74) is 2.69. The van der Waals surface area contributed by atoms with E-state index in [4.69, 9.17) is 0 Å². The van der Waals surface area contributed by atoms with Crippen molar-refractivity contribution in [2.45, 2.75) is 13.5 Å². The van der Waals surface area contributed by atoms with E-state index in [0.29, 0.717) is 39.9 Å². The van der Waals surface area contributed by atoms with E-state index in [1.54, 1.807) is 65.6 Å². The van der Waals surface area contributed by atoms with E-state index in [-0.39, 0.29) is 5.91 Å². The maximum atomic E-state index is 13.5. The molecule has 0 atom stereocenters. The van der Waals surface area contributed by atoms with Crippen molar-refractivity contribution in [3.63, 3.8) is 0 Å². The average Bonchev–Trinajstić information content (AvgIpc) is 3.38. The molecule has 0 bridgehead atoms. The number of anilines is 1. The predicted octanol–water partition coefficient (Wildman–Crippen LogP) is 4.79. The average molecular weight is 437 g/mol. The molecule has 0 radical (unpaired) electrons. The Morgan fingerprint density at radius 3 is 2.81 bits per heavy atom. The molecule has 0 saturated carbocycles. The van der Waals surface area contributed by atoms with Crippen molar-refractivity contribution in [3.05, 3.63) is 94.3 Å². The van der Waals surface area contributed by atoms with Crippen LogP contribution in [-0.2, 0) is 6.54 Å². The van der Waals surface area contributed by atoms with Crippen molar-refractivity contribution < 1.29 is 13.6 Å². The molecule has 31 heavy (non-hydrogen) atoms. The van der Waals surface area contributed by atoms with Crippen molar-refractivity contribution in [2.24, 2.45) is 0 Å². The van der Waals surface area contributed by atoms with Gasteiger partial charge in [-0.2, -0.15) is 8.78 Å². The summed E-state index contributed by atoms with van der Waals surface area (Å²) >= 11 is 1.27. The van der Waals surface area contributed by atoms with Crippen LogP contribution in [0.5, 0.6) is 0 Å². The van der Waals surface area contributed by atoms with E-state index in [2.05, 4.69) is 20.3 Å². The van der Waals surface area contributed by atoms with E-state index in [9.17, 15) is 13.6 Å². The van der Waals surface area contributed by atoms with Crippen molar-refractivity contribution >= 4 is 34.5 Å². The molecular weight excluding hydrogens is 420 g/mol. The molecule has 0 aliphatic rings. The highest BCUT2D eigenvalue weighted by Gasteiger charge is 2.13. The molecule has 0 aliphatic heterocycles. The Labute approximate surface area is 180 Å². The highest BCUT2D eigenvalue weighted by atomic mass is 32.1. The van der Waals surface area contributed by atoms with Crippen molar-refractivity contribution in [1.29, 1.82) is 0 Å². The van der Waals surface area contributed by atoms with E-state index in [1.165, 1.54) is 23.6 Å². The monoisotopic (exact) mass is 437 g/mol. The molecule has 4 heterocycles. The minimum Gasteiger partial charge on any atom is -0.339 e. The van der Waals surface area contributed by atoms with Crippen LogP contribution in [0.4, 0.5) is 13.9 Å². The molecule has 1 amide bonds. The van der Waals surface area contributed by atoms with Gasteiger partial charge in [0.15, 0.2) is 5.13 Å². The van der Waals surface area contributed by atoms with Gasteiger partial charge in [0, 0.05) is 29.9 Å². The second-order valence-electron chi connectivity index (χ2n) is 6.72. The van der Waals surface area contributed by atoms with Gasteiger partial charge >= 0.3 is 0 Å². The largest absolute Gasteiger partial charge is 0.339 e. The quantitative estimate of drug-likeness (QED) is 0.440. The lowest BCUT2D eigenvalue weighted by atomic mass is 10.2. The summed E-state index contributed by atoms with van der Waals surface area (Å²) in [6.07, 6.45) is 6.49. The van der Waals surface area contributed by atoms with Gasteiger partial charge in [-0.1, -0.05) is 6.07 Å². The van der Waals surface area contributed by atoms with E-state index >= 15 is 0 Å². The van der Waals surface area contributed by atoms with Gasteiger partial charge in [0.25, 0.3) is 5.91 Å². The van der Waals surface area contributed by atoms with E-state index < -0.39 is 11.9 Å². The zero-order valence-electron chi connectivity index (χ0n) is 16.4. The Kier molecular flexibility index (Phi) is 5.94.